The van der Waals surface area contributed by atoms with E-state index in [2.05, 4.69) is 27.6 Å². The Kier molecular flexibility index (Phi) is 3.04. The van der Waals surface area contributed by atoms with Gasteiger partial charge in [0.2, 0.25) is 0 Å². The molecule has 0 saturated heterocycles. The zero-order valence-corrected chi connectivity index (χ0v) is 10.6. The average Bonchev–Trinajstić information content (AvgIpc) is 2.63. The van der Waals surface area contributed by atoms with E-state index in [1.165, 1.54) is 0 Å². The van der Waals surface area contributed by atoms with Gasteiger partial charge in [-0.2, -0.15) is 0 Å². The Morgan fingerprint density at radius 1 is 1.53 bits per heavy atom. The van der Waals surface area contributed by atoms with Gasteiger partial charge in [0.1, 0.15) is 5.84 Å². The Morgan fingerprint density at radius 2 is 2.33 bits per heavy atom. The number of benzene rings is 1. The summed E-state index contributed by atoms with van der Waals surface area (Å²) in [5.41, 5.74) is 0.735. The molecule has 0 unspecified atom stereocenters. The third-order valence-electron chi connectivity index (χ3n) is 2.37. The molecule has 1 aliphatic rings. The third kappa shape index (κ3) is 2.19. The van der Waals surface area contributed by atoms with Crippen LogP contribution in [0.3, 0.4) is 0 Å². The quantitative estimate of drug-likeness (QED) is 0.731. The van der Waals surface area contributed by atoms with Gasteiger partial charge < -0.3 is 0 Å². The summed E-state index contributed by atoms with van der Waals surface area (Å²) in [5.74, 6) is 0.867. The monoisotopic (exact) mass is 314 g/mol. The molecule has 1 aromatic carbocycles. The van der Waals surface area contributed by atoms with E-state index in [4.69, 9.17) is 0 Å². The van der Waals surface area contributed by atoms with Crippen molar-refractivity contribution in [2.24, 2.45) is 4.99 Å². The first-order chi connectivity index (χ1) is 7.18. The van der Waals surface area contributed by atoms with Gasteiger partial charge in [0, 0.05) is 15.7 Å². The maximum Gasteiger partial charge on any atom is 0.259 e. The molecular formula is C11H11IN2O. The van der Waals surface area contributed by atoms with E-state index in [1.807, 2.05) is 31.2 Å². The fourth-order valence-electron chi connectivity index (χ4n) is 1.58. The van der Waals surface area contributed by atoms with Crippen LogP contribution in [0, 0.1) is 3.57 Å². The summed E-state index contributed by atoms with van der Waals surface area (Å²) in [6.45, 7) is 3.30. The number of carbonyl (C=O) groups excluding carboxylic acids is 1. The van der Waals surface area contributed by atoms with Crippen LogP contribution < -0.4 is 0 Å². The summed E-state index contributed by atoms with van der Waals surface area (Å²) in [6, 6.07) is 7.62. The molecular weight excluding hydrogens is 303 g/mol. The molecule has 1 amide bonds. The van der Waals surface area contributed by atoms with E-state index >= 15 is 0 Å². The van der Waals surface area contributed by atoms with Crippen LogP contribution in [-0.2, 0) is 0 Å². The Labute approximate surface area is 102 Å². The molecule has 0 atom stereocenters. The highest BCUT2D eigenvalue weighted by molar-refractivity contribution is 14.1. The van der Waals surface area contributed by atoms with Crippen LogP contribution >= 0.6 is 22.6 Å². The summed E-state index contributed by atoms with van der Waals surface area (Å²) < 4.78 is 1.08. The van der Waals surface area contributed by atoms with Gasteiger partial charge in [0.25, 0.3) is 5.91 Å². The van der Waals surface area contributed by atoms with Gasteiger partial charge in [-0.25, -0.2) is 0 Å². The first-order valence-electron chi connectivity index (χ1n) is 4.77. The maximum absolute atomic E-state index is 12.1. The van der Waals surface area contributed by atoms with E-state index < -0.39 is 0 Å². The lowest BCUT2D eigenvalue weighted by atomic mass is 10.2. The van der Waals surface area contributed by atoms with Gasteiger partial charge in [-0.05, 0) is 47.7 Å². The molecule has 0 aromatic heterocycles. The van der Waals surface area contributed by atoms with E-state index in [9.17, 15) is 4.79 Å². The third-order valence-corrected chi connectivity index (χ3v) is 3.04. The van der Waals surface area contributed by atoms with Crippen molar-refractivity contribution >= 4 is 34.3 Å². The highest BCUT2D eigenvalue weighted by Gasteiger charge is 2.21. The molecule has 0 N–H and O–H groups in total. The molecule has 2 rings (SSSR count). The molecule has 1 aromatic rings. The number of halogens is 1. The summed E-state index contributed by atoms with van der Waals surface area (Å²) in [4.78, 5) is 18.0. The number of nitrogens with zero attached hydrogens (tertiary/aromatic N) is 2. The van der Waals surface area contributed by atoms with Crippen LogP contribution in [0.25, 0.3) is 0 Å². The maximum atomic E-state index is 12.1. The van der Waals surface area contributed by atoms with Crippen LogP contribution in [0.5, 0.6) is 0 Å². The molecule has 1 heterocycles. The van der Waals surface area contributed by atoms with Gasteiger partial charge in [-0.15, -0.1) is 0 Å². The number of amidine groups is 1. The van der Waals surface area contributed by atoms with Crippen molar-refractivity contribution in [2.75, 3.05) is 13.1 Å². The Balaban J connectivity index is 2.25. The molecule has 0 saturated carbocycles. The SMILES string of the molecule is CC1=NCCN1C(=O)c1cccc(I)c1. The lowest BCUT2D eigenvalue weighted by Gasteiger charge is -2.15. The number of amides is 1. The average molecular weight is 314 g/mol. The van der Waals surface area contributed by atoms with E-state index in [0.717, 1.165) is 21.5 Å². The molecule has 0 aliphatic carbocycles. The lowest BCUT2D eigenvalue weighted by molar-refractivity contribution is 0.0857. The summed E-state index contributed by atoms with van der Waals surface area (Å²) in [6.07, 6.45) is 0. The summed E-state index contributed by atoms with van der Waals surface area (Å²) >= 11 is 2.21. The number of hydrogen-bond donors (Lipinski definition) is 0. The number of hydrogen-bond acceptors (Lipinski definition) is 2. The largest absolute Gasteiger partial charge is 0.295 e. The molecule has 4 heteroatoms. The molecule has 0 fully saturated rings. The minimum atomic E-state index is 0.0484. The van der Waals surface area contributed by atoms with Gasteiger partial charge in [0.15, 0.2) is 0 Å². The minimum Gasteiger partial charge on any atom is -0.295 e. The van der Waals surface area contributed by atoms with Crippen molar-refractivity contribution in [3.8, 4) is 0 Å². The first-order valence-corrected chi connectivity index (χ1v) is 5.85. The molecule has 0 spiro atoms. The van der Waals surface area contributed by atoms with Crippen LogP contribution in [0.2, 0.25) is 0 Å². The van der Waals surface area contributed by atoms with Crippen LogP contribution in [0.15, 0.2) is 29.3 Å². The second kappa shape index (κ2) is 4.30. The van der Waals surface area contributed by atoms with Crippen LogP contribution in [0.1, 0.15) is 17.3 Å². The zero-order chi connectivity index (χ0) is 10.8. The predicted molar refractivity (Wildman–Crippen MR) is 68.2 cm³/mol. The van der Waals surface area contributed by atoms with Crippen molar-refractivity contribution in [3.63, 3.8) is 0 Å². The molecule has 0 radical (unpaired) electrons. The number of rotatable bonds is 1. The Hall–Kier alpha value is -0.910. The highest BCUT2D eigenvalue weighted by atomic mass is 127. The standard InChI is InChI=1S/C11H11IN2O/c1-8-13-5-6-14(8)11(15)9-3-2-4-10(12)7-9/h2-4,7H,5-6H2,1H3. The fraction of sp³-hybridized carbons (Fsp3) is 0.273. The fourth-order valence-corrected chi connectivity index (χ4v) is 2.13. The number of carbonyl (C=O) groups is 1. The summed E-state index contributed by atoms with van der Waals surface area (Å²) in [7, 11) is 0. The van der Waals surface area contributed by atoms with Crippen molar-refractivity contribution in [3.05, 3.63) is 33.4 Å². The summed E-state index contributed by atoms with van der Waals surface area (Å²) in [5, 5.41) is 0. The molecule has 78 valence electrons. The van der Waals surface area contributed by atoms with Crippen molar-refractivity contribution in [1.82, 2.24) is 4.90 Å². The normalized spacial score (nSPS) is 15.3. The van der Waals surface area contributed by atoms with E-state index in [-0.39, 0.29) is 5.91 Å². The van der Waals surface area contributed by atoms with Crippen molar-refractivity contribution in [2.45, 2.75) is 6.92 Å². The number of aliphatic imine (C=N–C) groups is 1. The molecule has 3 nitrogen and oxygen atoms in total. The van der Waals surface area contributed by atoms with Gasteiger partial charge in [-0.3, -0.25) is 14.7 Å². The minimum absolute atomic E-state index is 0.0484. The van der Waals surface area contributed by atoms with Crippen molar-refractivity contribution < 1.29 is 4.79 Å². The van der Waals surface area contributed by atoms with Crippen LogP contribution in [-0.4, -0.2) is 29.7 Å². The van der Waals surface area contributed by atoms with Crippen molar-refractivity contribution in [1.29, 1.82) is 0 Å². The second-order valence-electron chi connectivity index (χ2n) is 3.40. The van der Waals surface area contributed by atoms with Gasteiger partial charge in [0.05, 0.1) is 6.54 Å². The van der Waals surface area contributed by atoms with E-state index in [0.29, 0.717) is 6.54 Å². The smallest absolute Gasteiger partial charge is 0.259 e. The molecule has 1 aliphatic heterocycles. The topological polar surface area (TPSA) is 32.7 Å². The Morgan fingerprint density at radius 3 is 2.93 bits per heavy atom. The zero-order valence-electron chi connectivity index (χ0n) is 8.40. The van der Waals surface area contributed by atoms with Gasteiger partial charge >= 0.3 is 0 Å². The molecule has 15 heavy (non-hydrogen) atoms. The lowest BCUT2D eigenvalue weighted by Crippen LogP contribution is -2.32. The van der Waals surface area contributed by atoms with E-state index in [1.54, 1.807) is 4.90 Å². The molecule has 0 bridgehead atoms. The Bertz CT molecular complexity index is 428. The van der Waals surface area contributed by atoms with Crippen LogP contribution in [0.4, 0.5) is 0 Å². The first kappa shape index (κ1) is 10.6. The predicted octanol–water partition coefficient (Wildman–Crippen LogP) is 2.17. The second-order valence-corrected chi connectivity index (χ2v) is 4.64. The highest BCUT2D eigenvalue weighted by Crippen LogP contribution is 2.12. The van der Waals surface area contributed by atoms with Gasteiger partial charge in [-0.1, -0.05) is 6.07 Å².